The maximum Gasteiger partial charge on any atom is 0.213 e. The first-order valence-electron chi connectivity index (χ1n) is 3.92. The van der Waals surface area contributed by atoms with E-state index in [9.17, 15) is 0 Å². The van der Waals surface area contributed by atoms with Crippen molar-refractivity contribution in [2.75, 3.05) is 0 Å². The van der Waals surface area contributed by atoms with Crippen LogP contribution in [0.5, 0.6) is 0 Å². The molecule has 0 fully saturated rings. The molecule has 0 saturated heterocycles. The van der Waals surface area contributed by atoms with Gasteiger partial charge in [-0.05, 0) is 32.0 Å². The van der Waals surface area contributed by atoms with E-state index in [-0.39, 0.29) is 12.0 Å². The quantitative estimate of drug-likeness (QED) is 0.525. The summed E-state index contributed by atoms with van der Waals surface area (Å²) < 4.78 is 5.21. The zero-order chi connectivity index (χ0) is 8.97. The second-order valence-electron chi connectivity index (χ2n) is 2.78. The smallest absolute Gasteiger partial charge is 0.213 e. The van der Waals surface area contributed by atoms with Crippen LogP contribution in [0.1, 0.15) is 19.4 Å². The normalized spacial score (nSPS) is 9.92. The Bertz CT molecular complexity index is 254. The summed E-state index contributed by atoms with van der Waals surface area (Å²) in [5.74, 6) is 0.221. The molecule has 1 aromatic carbocycles. The predicted octanol–water partition coefficient (Wildman–Crippen LogP) is 2.24. The molecule has 2 nitrogen and oxygen atoms in total. The van der Waals surface area contributed by atoms with Crippen molar-refractivity contribution in [3.63, 3.8) is 0 Å². The highest BCUT2D eigenvalue weighted by Gasteiger charge is 2.02. The van der Waals surface area contributed by atoms with Gasteiger partial charge in [0, 0.05) is 5.56 Å². The lowest BCUT2D eigenvalue weighted by molar-refractivity contribution is 0.227. The van der Waals surface area contributed by atoms with E-state index in [1.807, 2.05) is 26.0 Å². The molecule has 0 aliphatic carbocycles. The summed E-state index contributed by atoms with van der Waals surface area (Å²) in [7, 11) is 0. The van der Waals surface area contributed by atoms with Crippen LogP contribution in [0.3, 0.4) is 0 Å². The fourth-order valence-electron chi connectivity index (χ4n) is 0.842. The molecule has 0 bridgehead atoms. The van der Waals surface area contributed by atoms with E-state index in [2.05, 4.69) is 6.07 Å². The third-order valence-electron chi connectivity index (χ3n) is 1.33. The van der Waals surface area contributed by atoms with E-state index in [1.54, 1.807) is 12.1 Å². The third-order valence-corrected chi connectivity index (χ3v) is 1.33. The van der Waals surface area contributed by atoms with Gasteiger partial charge in [-0.2, -0.15) is 0 Å². The Hall–Kier alpha value is -1.31. The van der Waals surface area contributed by atoms with Crippen molar-refractivity contribution in [2.24, 2.45) is 0 Å². The summed E-state index contributed by atoms with van der Waals surface area (Å²) in [5.41, 5.74) is 0.794. The van der Waals surface area contributed by atoms with E-state index < -0.39 is 0 Å². The van der Waals surface area contributed by atoms with Gasteiger partial charge in [0.05, 0.1) is 6.10 Å². The molecule has 0 heterocycles. The number of ether oxygens (including phenoxy) is 1. The summed E-state index contributed by atoms with van der Waals surface area (Å²) in [6.07, 6.45) is 0.0571. The van der Waals surface area contributed by atoms with Gasteiger partial charge in [0.1, 0.15) is 0 Å². The van der Waals surface area contributed by atoms with E-state index in [1.165, 1.54) is 0 Å². The van der Waals surface area contributed by atoms with Gasteiger partial charge in [0.15, 0.2) is 0 Å². The van der Waals surface area contributed by atoms with Gasteiger partial charge in [-0.3, -0.25) is 5.41 Å². The molecule has 0 aliphatic rings. The van der Waals surface area contributed by atoms with Crippen molar-refractivity contribution in [1.29, 1.82) is 5.41 Å². The van der Waals surface area contributed by atoms with Gasteiger partial charge in [0.2, 0.25) is 5.90 Å². The zero-order valence-electron chi connectivity index (χ0n) is 7.29. The van der Waals surface area contributed by atoms with Crippen LogP contribution >= 0.6 is 0 Å². The molecule has 2 heteroatoms. The number of nitrogens with one attached hydrogen (secondary N) is 1. The molecule has 0 saturated carbocycles. The summed E-state index contributed by atoms with van der Waals surface area (Å²) in [5, 5.41) is 7.52. The molecule has 12 heavy (non-hydrogen) atoms. The Balaban J connectivity index is 2.66. The highest BCUT2D eigenvalue weighted by molar-refractivity contribution is 5.91. The van der Waals surface area contributed by atoms with Gasteiger partial charge in [-0.1, -0.05) is 12.1 Å². The van der Waals surface area contributed by atoms with Crippen molar-refractivity contribution < 1.29 is 4.74 Å². The Morgan fingerprint density at radius 3 is 2.50 bits per heavy atom. The van der Waals surface area contributed by atoms with Crippen LogP contribution in [0.2, 0.25) is 0 Å². The molecular weight excluding hydrogens is 150 g/mol. The van der Waals surface area contributed by atoms with Crippen LogP contribution < -0.4 is 0 Å². The molecule has 0 amide bonds. The summed E-state index contributed by atoms with van der Waals surface area (Å²) in [6.45, 7) is 3.81. The first kappa shape index (κ1) is 8.78. The Morgan fingerprint density at radius 1 is 1.42 bits per heavy atom. The van der Waals surface area contributed by atoms with Gasteiger partial charge in [-0.15, -0.1) is 0 Å². The van der Waals surface area contributed by atoms with Crippen LogP contribution in [0, 0.1) is 11.5 Å². The van der Waals surface area contributed by atoms with E-state index in [4.69, 9.17) is 10.1 Å². The molecule has 0 atom stereocenters. The molecular formula is C10H12NO. The van der Waals surface area contributed by atoms with E-state index in [0.717, 1.165) is 5.56 Å². The Morgan fingerprint density at radius 2 is 2.00 bits per heavy atom. The fourth-order valence-corrected chi connectivity index (χ4v) is 0.842. The highest BCUT2D eigenvalue weighted by Crippen LogP contribution is 2.02. The van der Waals surface area contributed by atoms with Crippen molar-refractivity contribution in [1.82, 2.24) is 0 Å². The van der Waals surface area contributed by atoms with E-state index in [0.29, 0.717) is 0 Å². The van der Waals surface area contributed by atoms with E-state index >= 15 is 0 Å². The third kappa shape index (κ3) is 2.38. The minimum Gasteiger partial charge on any atom is -0.475 e. The van der Waals surface area contributed by atoms with Crippen molar-refractivity contribution in [2.45, 2.75) is 20.0 Å². The summed E-state index contributed by atoms with van der Waals surface area (Å²) >= 11 is 0. The summed E-state index contributed by atoms with van der Waals surface area (Å²) in [6, 6.07) is 10.1. The maximum absolute atomic E-state index is 7.52. The standard InChI is InChI=1S/C10H12NO/c1-8(2)12-10(11)9-6-4-3-5-7-9/h4-8,11H,1-2H3. The van der Waals surface area contributed by atoms with Crippen LogP contribution in [0.15, 0.2) is 24.3 Å². The molecule has 0 aromatic heterocycles. The van der Waals surface area contributed by atoms with Crippen LogP contribution in [0.25, 0.3) is 0 Å². The van der Waals surface area contributed by atoms with Gasteiger partial charge >= 0.3 is 0 Å². The molecule has 1 radical (unpaired) electrons. The first-order chi connectivity index (χ1) is 5.70. The zero-order valence-corrected chi connectivity index (χ0v) is 7.29. The van der Waals surface area contributed by atoms with Gasteiger partial charge in [0.25, 0.3) is 0 Å². The largest absolute Gasteiger partial charge is 0.475 e. The van der Waals surface area contributed by atoms with Gasteiger partial charge in [-0.25, -0.2) is 0 Å². The topological polar surface area (TPSA) is 33.1 Å². The average molecular weight is 162 g/mol. The number of rotatable bonds is 2. The highest BCUT2D eigenvalue weighted by atomic mass is 16.5. The van der Waals surface area contributed by atoms with Crippen LogP contribution in [-0.4, -0.2) is 12.0 Å². The Labute approximate surface area is 72.7 Å². The van der Waals surface area contributed by atoms with Gasteiger partial charge < -0.3 is 4.74 Å². The lowest BCUT2D eigenvalue weighted by Gasteiger charge is -2.09. The Kier molecular flexibility index (Phi) is 2.86. The van der Waals surface area contributed by atoms with Crippen molar-refractivity contribution >= 4 is 5.90 Å². The second-order valence-corrected chi connectivity index (χ2v) is 2.78. The van der Waals surface area contributed by atoms with Crippen LogP contribution in [-0.2, 0) is 4.74 Å². The maximum atomic E-state index is 7.52. The minimum atomic E-state index is 0.0571. The number of hydrogen-bond donors (Lipinski definition) is 1. The molecule has 0 spiro atoms. The average Bonchev–Trinajstić information content (AvgIpc) is 2.05. The first-order valence-corrected chi connectivity index (χ1v) is 3.92. The molecule has 1 rings (SSSR count). The van der Waals surface area contributed by atoms with Crippen molar-refractivity contribution in [3.8, 4) is 0 Å². The lowest BCUT2D eigenvalue weighted by atomic mass is 10.2. The molecule has 0 unspecified atom stereocenters. The lowest BCUT2D eigenvalue weighted by Crippen LogP contribution is -2.11. The molecule has 1 aromatic rings. The molecule has 0 aliphatic heterocycles. The molecule has 1 N–H and O–H groups in total. The minimum absolute atomic E-state index is 0.0571. The number of benzene rings is 1. The molecule has 63 valence electrons. The summed E-state index contributed by atoms with van der Waals surface area (Å²) in [4.78, 5) is 0. The monoisotopic (exact) mass is 162 g/mol. The predicted molar refractivity (Wildman–Crippen MR) is 48.3 cm³/mol. The second kappa shape index (κ2) is 3.90. The SMILES string of the molecule is CC(C)OC(=N)c1cc[c]cc1. The van der Waals surface area contributed by atoms with Crippen molar-refractivity contribution in [3.05, 3.63) is 35.9 Å². The van der Waals surface area contributed by atoms with Crippen LogP contribution in [0.4, 0.5) is 0 Å². The number of hydrogen-bond acceptors (Lipinski definition) is 2. The fraction of sp³-hybridized carbons (Fsp3) is 0.300.